The van der Waals surface area contributed by atoms with Crippen molar-refractivity contribution < 1.29 is 9.53 Å². The summed E-state index contributed by atoms with van der Waals surface area (Å²) in [6, 6.07) is 13.1. The van der Waals surface area contributed by atoms with Crippen LogP contribution in [0.2, 0.25) is 0 Å². The first kappa shape index (κ1) is 20.2. The van der Waals surface area contributed by atoms with Crippen molar-refractivity contribution >= 4 is 16.9 Å². The molecule has 2 aromatic carbocycles. The van der Waals surface area contributed by atoms with Gasteiger partial charge in [-0.05, 0) is 67.6 Å². The summed E-state index contributed by atoms with van der Waals surface area (Å²) in [5.41, 5.74) is 5.85. The Morgan fingerprint density at radius 2 is 1.84 bits per heavy atom. The number of aromatic nitrogens is 4. The molecule has 1 fully saturated rings. The van der Waals surface area contributed by atoms with Crippen molar-refractivity contribution in [2.24, 2.45) is 0 Å². The van der Waals surface area contributed by atoms with Crippen molar-refractivity contribution in [1.82, 2.24) is 19.6 Å². The lowest BCUT2D eigenvalue weighted by molar-refractivity contribution is 0.0600. The predicted molar refractivity (Wildman–Crippen MR) is 121 cm³/mol. The molecule has 0 aliphatic heterocycles. The van der Waals surface area contributed by atoms with E-state index < -0.39 is 0 Å². The van der Waals surface area contributed by atoms with Gasteiger partial charge in [-0.25, -0.2) is 14.2 Å². The van der Waals surface area contributed by atoms with E-state index in [1.54, 1.807) is 23.0 Å². The van der Waals surface area contributed by atoms with Crippen molar-refractivity contribution in [2.45, 2.75) is 39.2 Å². The summed E-state index contributed by atoms with van der Waals surface area (Å²) in [5.74, 6) is -0.0231. The molecule has 0 unspecified atom stereocenters. The minimum Gasteiger partial charge on any atom is -0.465 e. The number of aryl methyl sites for hydroxylation is 2. The molecule has 0 N–H and O–H groups in total. The van der Waals surface area contributed by atoms with Gasteiger partial charge in [0.15, 0.2) is 0 Å². The normalized spacial score (nSPS) is 13.5. The molecule has 32 heavy (non-hydrogen) atoms. The highest BCUT2D eigenvalue weighted by atomic mass is 16.5. The van der Waals surface area contributed by atoms with Crippen molar-refractivity contribution in [1.29, 1.82) is 0 Å². The SMILES string of the molecule is COC(=O)c1ccc(Cn2nc(C3CC3)c3cnn(-c4ccc(C)c(C)c4)c3c2=O)cc1. The molecule has 2 aromatic heterocycles. The minimum absolute atomic E-state index is 0.183. The molecule has 162 valence electrons. The molecule has 0 spiro atoms. The van der Waals surface area contributed by atoms with Crippen LogP contribution in [0.5, 0.6) is 0 Å². The monoisotopic (exact) mass is 428 g/mol. The van der Waals surface area contributed by atoms with Gasteiger partial charge in [0.2, 0.25) is 0 Å². The van der Waals surface area contributed by atoms with Gasteiger partial charge in [0.05, 0.1) is 36.8 Å². The second-order valence-corrected chi connectivity index (χ2v) is 8.40. The van der Waals surface area contributed by atoms with E-state index in [0.717, 1.165) is 40.7 Å². The Morgan fingerprint density at radius 3 is 2.50 bits per heavy atom. The van der Waals surface area contributed by atoms with E-state index in [2.05, 4.69) is 18.9 Å². The Labute approximate surface area is 185 Å². The van der Waals surface area contributed by atoms with Crippen LogP contribution in [0.15, 0.2) is 53.5 Å². The van der Waals surface area contributed by atoms with Crippen LogP contribution in [-0.4, -0.2) is 32.6 Å². The first-order valence-corrected chi connectivity index (χ1v) is 10.7. The van der Waals surface area contributed by atoms with Gasteiger partial charge >= 0.3 is 5.97 Å². The van der Waals surface area contributed by atoms with E-state index in [9.17, 15) is 9.59 Å². The van der Waals surface area contributed by atoms with Gasteiger partial charge in [-0.3, -0.25) is 4.79 Å². The molecule has 7 heteroatoms. The van der Waals surface area contributed by atoms with Crippen molar-refractivity contribution in [3.63, 3.8) is 0 Å². The smallest absolute Gasteiger partial charge is 0.337 e. The molecule has 7 nitrogen and oxygen atoms in total. The molecule has 0 atom stereocenters. The number of esters is 1. The van der Waals surface area contributed by atoms with Crippen LogP contribution in [0.4, 0.5) is 0 Å². The summed E-state index contributed by atoms with van der Waals surface area (Å²) >= 11 is 0. The Morgan fingerprint density at radius 1 is 1.09 bits per heavy atom. The van der Waals surface area contributed by atoms with Crippen LogP contribution in [0.25, 0.3) is 16.6 Å². The molecule has 0 bridgehead atoms. The van der Waals surface area contributed by atoms with Gasteiger partial charge in [-0.1, -0.05) is 18.2 Å². The molecule has 0 radical (unpaired) electrons. The van der Waals surface area contributed by atoms with E-state index in [1.165, 1.54) is 17.4 Å². The minimum atomic E-state index is -0.387. The van der Waals surface area contributed by atoms with E-state index in [1.807, 2.05) is 30.3 Å². The number of nitrogens with zero attached hydrogens (tertiary/aromatic N) is 4. The van der Waals surface area contributed by atoms with E-state index in [4.69, 9.17) is 9.84 Å². The highest BCUT2D eigenvalue weighted by molar-refractivity contribution is 5.89. The molecule has 1 aliphatic carbocycles. The number of rotatable bonds is 5. The number of methoxy groups -OCH3 is 1. The Hall–Kier alpha value is -3.74. The summed E-state index contributed by atoms with van der Waals surface area (Å²) < 4.78 is 8.00. The first-order valence-electron chi connectivity index (χ1n) is 10.7. The third-order valence-corrected chi connectivity index (χ3v) is 6.12. The average Bonchev–Trinajstić information content (AvgIpc) is 3.55. The second-order valence-electron chi connectivity index (χ2n) is 8.40. The van der Waals surface area contributed by atoms with Gasteiger partial charge in [0.25, 0.3) is 5.56 Å². The van der Waals surface area contributed by atoms with Crippen LogP contribution in [0.1, 0.15) is 51.5 Å². The number of carbonyl (C=O) groups excluding carboxylic acids is 1. The zero-order valence-electron chi connectivity index (χ0n) is 18.3. The van der Waals surface area contributed by atoms with Gasteiger partial charge in [0, 0.05) is 11.3 Å². The van der Waals surface area contributed by atoms with Crippen molar-refractivity contribution in [3.8, 4) is 5.69 Å². The number of ether oxygens (including phenoxy) is 1. The third-order valence-electron chi connectivity index (χ3n) is 6.12. The maximum Gasteiger partial charge on any atom is 0.337 e. The maximum absolute atomic E-state index is 13.5. The van der Waals surface area contributed by atoms with Crippen LogP contribution >= 0.6 is 0 Å². The Kier molecular flexibility index (Phi) is 4.89. The van der Waals surface area contributed by atoms with Crippen molar-refractivity contribution in [2.75, 3.05) is 7.11 Å². The van der Waals surface area contributed by atoms with Gasteiger partial charge in [-0.2, -0.15) is 10.2 Å². The van der Waals surface area contributed by atoms with Gasteiger partial charge in [-0.15, -0.1) is 0 Å². The van der Waals surface area contributed by atoms with E-state index in [0.29, 0.717) is 23.5 Å². The highest BCUT2D eigenvalue weighted by Gasteiger charge is 2.30. The van der Waals surface area contributed by atoms with Crippen LogP contribution in [-0.2, 0) is 11.3 Å². The summed E-state index contributed by atoms with van der Waals surface area (Å²) in [4.78, 5) is 25.2. The standard InChI is InChI=1S/C25H24N4O3/c1-15-4-11-20(12-16(15)2)29-23-21(13-26-29)22(18-9-10-18)27-28(24(23)30)14-17-5-7-19(8-6-17)25(31)32-3/h4-8,11-13,18H,9-10,14H2,1-3H3. The molecule has 1 saturated carbocycles. The lowest BCUT2D eigenvalue weighted by atomic mass is 10.1. The van der Waals surface area contributed by atoms with E-state index >= 15 is 0 Å². The van der Waals surface area contributed by atoms with Crippen LogP contribution < -0.4 is 5.56 Å². The molecule has 1 aliphatic rings. The maximum atomic E-state index is 13.5. The molecule has 0 saturated heterocycles. The molecule has 2 heterocycles. The number of hydrogen-bond donors (Lipinski definition) is 0. The lowest BCUT2D eigenvalue weighted by Gasteiger charge is -2.11. The zero-order valence-corrected chi connectivity index (χ0v) is 18.3. The topological polar surface area (TPSA) is 79.0 Å². The summed E-state index contributed by atoms with van der Waals surface area (Å²) in [5, 5.41) is 10.1. The van der Waals surface area contributed by atoms with Crippen LogP contribution in [0, 0.1) is 13.8 Å². The van der Waals surface area contributed by atoms with Gasteiger partial charge in [0.1, 0.15) is 5.52 Å². The fourth-order valence-corrected chi connectivity index (χ4v) is 3.95. The second kappa shape index (κ2) is 7.75. The zero-order chi connectivity index (χ0) is 22.4. The summed E-state index contributed by atoms with van der Waals surface area (Å²) in [7, 11) is 1.35. The number of hydrogen-bond acceptors (Lipinski definition) is 5. The quantitative estimate of drug-likeness (QED) is 0.450. The lowest BCUT2D eigenvalue weighted by Crippen LogP contribution is -2.26. The van der Waals surface area contributed by atoms with Crippen LogP contribution in [0.3, 0.4) is 0 Å². The molecule has 5 rings (SSSR count). The Bertz CT molecular complexity index is 1400. The predicted octanol–water partition coefficient (Wildman–Crippen LogP) is 3.91. The molecule has 0 amide bonds. The number of fused-ring (bicyclic) bond motifs is 1. The largest absolute Gasteiger partial charge is 0.465 e. The summed E-state index contributed by atoms with van der Waals surface area (Å²) in [6.07, 6.45) is 3.91. The van der Waals surface area contributed by atoms with Crippen molar-refractivity contribution in [3.05, 3.63) is 87.0 Å². The fraction of sp³-hybridized carbons (Fsp3) is 0.280. The number of benzene rings is 2. The summed E-state index contributed by atoms with van der Waals surface area (Å²) in [6.45, 7) is 4.43. The highest BCUT2D eigenvalue weighted by Crippen LogP contribution is 2.41. The Balaban J connectivity index is 1.62. The van der Waals surface area contributed by atoms with Gasteiger partial charge < -0.3 is 4.74 Å². The molecular weight excluding hydrogens is 404 g/mol. The van der Waals surface area contributed by atoms with E-state index in [-0.39, 0.29) is 11.5 Å². The molecular formula is C25H24N4O3. The average molecular weight is 428 g/mol. The first-order chi connectivity index (χ1) is 15.5. The third kappa shape index (κ3) is 3.49. The molecule has 4 aromatic rings. The number of carbonyl (C=O) groups is 1. The fourth-order valence-electron chi connectivity index (χ4n) is 3.95.